The van der Waals surface area contributed by atoms with Crippen LogP contribution in [-0.2, 0) is 6.42 Å². The summed E-state index contributed by atoms with van der Waals surface area (Å²) < 4.78 is 1.95. The molecule has 146 valence electrons. The fraction of sp³-hybridized carbons (Fsp3) is 0.167. The zero-order chi connectivity index (χ0) is 20.2. The van der Waals surface area contributed by atoms with Crippen LogP contribution < -0.4 is 5.32 Å². The number of ketones is 1. The Morgan fingerprint density at radius 2 is 1.76 bits per heavy atom. The van der Waals surface area contributed by atoms with Crippen molar-refractivity contribution in [1.29, 1.82) is 0 Å². The Hall–Kier alpha value is -2.95. The van der Waals surface area contributed by atoms with Crippen LogP contribution in [-0.4, -0.2) is 21.7 Å². The van der Waals surface area contributed by atoms with Gasteiger partial charge in [0.15, 0.2) is 0 Å². The minimum Gasteiger partial charge on any atom is -0.303 e. The lowest BCUT2D eigenvalue weighted by atomic mass is 9.99. The number of rotatable bonds is 7. The van der Waals surface area contributed by atoms with Gasteiger partial charge in [0.25, 0.3) is 0 Å². The molecule has 1 unspecified atom stereocenters. The first kappa shape index (κ1) is 19.4. The van der Waals surface area contributed by atoms with E-state index in [0.717, 1.165) is 28.3 Å². The van der Waals surface area contributed by atoms with Crippen LogP contribution >= 0.6 is 11.6 Å². The molecule has 2 heterocycles. The molecule has 0 amide bonds. The fourth-order valence-corrected chi connectivity index (χ4v) is 3.65. The van der Waals surface area contributed by atoms with E-state index in [1.807, 2.05) is 90.3 Å². The van der Waals surface area contributed by atoms with Crippen LogP contribution in [0.3, 0.4) is 0 Å². The summed E-state index contributed by atoms with van der Waals surface area (Å²) in [5.74, 6) is 0.779. The third-order valence-electron chi connectivity index (χ3n) is 5.03. The minimum atomic E-state index is -0.457. The van der Waals surface area contributed by atoms with Gasteiger partial charge < -0.3 is 9.72 Å². The molecule has 2 aromatic carbocycles. The number of nitrogens with zero attached hydrogens (tertiary/aromatic N) is 2. The predicted molar refractivity (Wildman–Crippen MR) is 117 cm³/mol. The molecule has 0 spiro atoms. The number of aromatic nitrogens is 2. The minimum absolute atomic E-state index is 0.0240. The van der Waals surface area contributed by atoms with E-state index < -0.39 is 6.04 Å². The molecule has 4 aromatic rings. The second-order valence-corrected chi connectivity index (χ2v) is 7.44. The van der Waals surface area contributed by atoms with E-state index in [1.54, 1.807) is 0 Å². The standard InChI is InChI=1S/C24H22ClN3O/c1-17-27-23(21-9-5-6-16-28(17)21)24(29)22(19-7-3-2-4-8-19)26-15-14-18-10-12-20(25)13-11-18/h2-13,16,22,26H,14-15H2,1H3. The van der Waals surface area contributed by atoms with Crippen LogP contribution in [0.1, 0.15) is 33.5 Å². The lowest BCUT2D eigenvalue weighted by Crippen LogP contribution is -2.30. The molecule has 0 saturated heterocycles. The summed E-state index contributed by atoms with van der Waals surface area (Å²) in [7, 11) is 0. The third-order valence-corrected chi connectivity index (χ3v) is 5.28. The summed E-state index contributed by atoms with van der Waals surface area (Å²) in [5, 5.41) is 4.16. The summed E-state index contributed by atoms with van der Waals surface area (Å²) >= 11 is 5.97. The molecule has 0 aliphatic rings. The van der Waals surface area contributed by atoms with Crippen molar-refractivity contribution in [1.82, 2.24) is 14.7 Å². The van der Waals surface area contributed by atoms with Gasteiger partial charge in [-0.2, -0.15) is 0 Å². The van der Waals surface area contributed by atoms with E-state index in [4.69, 9.17) is 11.6 Å². The number of fused-ring (bicyclic) bond motifs is 1. The van der Waals surface area contributed by atoms with Crippen LogP contribution in [0.2, 0.25) is 5.02 Å². The SMILES string of the molecule is Cc1nc(C(=O)C(NCCc2ccc(Cl)cc2)c2ccccc2)c2ccccn12. The Morgan fingerprint density at radius 3 is 2.52 bits per heavy atom. The Kier molecular flexibility index (Phi) is 5.74. The third kappa shape index (κ3) is 4.24. The normalized spacial score (nSPS) is 12.2. The van der Waals surface area contributed by atoms with Crippen LogP contribution in [0.5, 0.6) is 0 Å². The maximum Gasteiger partial charge on any atom is 0.204 e. The second-order valence-electron chi connectivity index (χ2n) is 7.00. The molecule has 2 aromatic heterocycles. The first-order valence-corrected chi connectivity index (χ1v) is 10.0. The van der Waals surface area contributed by atoms with E-state index in [1.165, 1.54) is 5.56 Å². The Balaban J connectivity index is 1.60. The molecule has 0 aliphatic carbocycles. The van der Waals surface area contributed by atoms with Gasteiger partial charge in [-0.1, -0.05) is 60.1 Å². The van der Waals surface area contributed by atoms with Gasteiger partial charge in [-0.15, -0.1) is 0 Å². The molecule has 0 aliphatic heterocycles. The van der Waals surface area contributed by atoms with Gasteiger partial charge in [0.2, 0.25) is 5.78 Å². The molecular weight excluding hydrogens is 382 g/mol. The van der Waals surface area contributed by atoms with Gasteiger partial charge in [0.1, 0.15) is 11.5 Å². The Labute approximate surface area is 175 Å². The van der Waals surface area contributed by atoms with Crippen molar-refractivity contribution < 1.29 is 4.79 Å². The van der Waals surface area contributed by atoms with Crippen molar-refractivity contribution >= 4 is 22.9 Å². The molecule has 0 bridgehead atoms. The van der Waals surface area contributed by atoms with Gasteiger partial charge in [-0.25, -0.2) is 4.98 Å². The van der Waals surface area contributed by atoms with Crippen molar-refractivity contribution in [2.24, 2.45) is 0 Å². The highest BCUT2D eigenvalue weighted by Gasteiger charge is 2.25. The molecule has 1 N–H and O–H groups in total. The lowest BCUT2D eigenvalue weighted by molar-refractivity contribution is 0.0940. The number of Topliss-reactive ketones (excluding diaryl/α,β-unsaturated/α-hetero) is 1. The highest BCUT2D eigenvalue weighted by molar-refractivity contribution is 6.30. The molecule has 0 fully saturated rings. The topological polar surface area (TPSA) is 46.4 Å². The highest BCUT2D eigenvalue weighted by Crippen LogP contribution is 2.22. The number of carbonyl (C=O) groups excluding carboxylic acids is 1. The molecule has 29 heavy (non-hydrogen) atoms. The molecular formula is C24H22ClN3O. The Bertz CT molecular complexity index is 1120. The maximum absolute atomic E-state index is 13.5. The van der Waals surface area contributed by atoms with Crippen molar-refractivity contribution in [2.45, 2.75) is 19.4 Å². The highest BCUT2D eigenvalue weighted by atomic mass is 35.5. The summed E-state index contributed by atoms with van der Waals surface area (Å²) in [5.41, 5.74) is 3.43. The molecule has 1 atom stereocenters. The lowest BCUT2D eigenvalue weighted by Gasteiger charge is -2.17. The number of hydrogen-bond donors (Lipinski definition) is 1. The van der Waals surface area contributed by atoms with E-state index in [0.29, 0.717) is 12.2 Å². The van der Waals surface area contributed by atoms with Crippen LogP contribution in [0, 0.1) is 6.92 Å². The van der Waals surface area contributed by atoms with Crippen molar-refractivity contribution in [2.75, 3.05) is 6.54 Å². The summed E-state index contributed by atoms with van der Waals surface area (Å²) in [6.45, 7) is 2.58. The first-order valence-electron chi connectivity index (χ1n) is 9.64. The van der Waals surface area contributed by atoms with Crippen molar-refractivity contribution in [3.8, 4) is 0 Å². The molecule has 5 heteroatoms. The average Bonchev–Trinajstić information content (AvgIpc) is 3.10. The van der Waals surface area contributed by atoms with Crippen molar-refractivity contribution in [3.63, 3.8) is 0 Å². The van der Waals surface area contributed by atoms with Gasteiger partial charge in [-0.3, -0.25) is 4.79 Å². The predicted octanol–water partition coefficient (Wildman–Crippen LogP) is 5.05. The number of imidazole rings is 1. The largest absolute Gasteiger partial charge is 0.303 e. The van der Waals surface area contributed by atoms with E-state index in [-0.39, 0.29) is 5.78 Å². The maximum atomic E-state index is 13.5. The monoisotopic (exact) mass is 403 g/mol. The number of nitrogens with one attached hydrogen (secondary N) is 1. The van der Waals surface area contributed by atoms with Gasteiger partial charge in [0, 0.05) is 17.8 Å². The molecule has 4 nitrogen and oxygen atoms in total. The second kappa shape index (κ2) is 8.60. The summed E-state index contributed by atoms with van der Waals surface area (Å²) in [6.07, 6.45) is 2.73. The van der Waals surface area contributed by atoms with Crippen molar-refractivity contribution in [3.05, 3.63) is 107 Å². The number of carbonyl (C=O) groups is 1. The number of hydrogen-bond acceptors (Lipinski definition) is 3. The number of halogens is 1. The molecule has 4 rings (SSSR count). The zero-order valence-electron chi connectivity index (χ0n) is 16.2. The fourth-order valence-electron chi connectivity index (χ4n) is 3.53. The average molecular weight is 404 g/mol. The van der Waals surface area contributed by atoms with E-state index >= 15 is 0 Å². The van der Waals surface area contributed by atoms with E-state index in [2.05, 4.69) is 10.3 Å². The number of aryl methyl sites for hydroxylation is 1. The smallest absolute Gasteiger partial charge is 0.204 e. The number of pyridine rings is 1. The summed E-state index contributed by atoms with van der Waals surface area (Å²) in [6, 6.07) is 22.9. The van der Waals surface area contributed by atoms with Crippen LogP contribution in [0.4, 0.5) is 0 Å². The van der Waals surface area contributed by atoms with E-state index in [9.17, 15) is 4.79 Å². The van der Waals surface area contributed by atoms with Crippen LogP contribution in [0.25, 0.3) is 5.52 Å². The quantitative estimate of drug-likeness (QED) is 0.439. The number of benzene rings is 2. The van der Waals surface area contributed by atoms with Crippen LogP contribution in [0.15, 0.2) is 79.0 Å². The van der Waals surface area contributed by atoms with Gasteiger partial charge in [-0.05, 0) is 48.7 Å². The first-order chi connectivity index (χ1) is 14.1. The molecule has 0 radical (unpaired) electrons. The summed E-state index contributed by atoms with van der Waals surface area (Å²) in [4.78, 5) is 18.1. The Morgan fingerprint density at radius 1 is 1.03 bits per heavy atom. The van der Waals surface area contributed by atoms with Gasteiger partial charge >= 0.3 is 0 Å². The molecule has 0 saturated carbocycles. The zero-order valence-corrected chi connectivity index (χ0v) is 16.9. The van der Waals surface area contributed by atoms with Gasteiger partial charge in [0.05, 0.1) is 11.6 Å².